The van der Waals surface area contributed by atoms with Gasteiger partial charge in [-0.1, -0.05) is 68.3 Å². The highest BCUT2D eigenvalue weighted by molar-refractivity contribution is 9.10. The molecule has 0 fully saturated rings. The quantitative estimate of drug-likeness (QED) is 0.331. The van der Waals surface area contributed by atoms with Gasteiger partial charge in [-0.25, -0.2) is 0 Å². The fourth-order valence-electron chi connectivity index (χ4n) is 1.63. The van der Waals surface area contributed by atoms with Gasteiger partial charge < -0.3 is 0 Å². The van der Waals surface area contributed by atoms with Crippen molar-refractivity contribution in [1.29, 1.82) is 0 Å². The molecule has 0 aliphatic carbocycles. The Morgan fingerprint density at radius 1 is 1.07 bits per heavy atom. The summed E-state index contributed by atoms with van der Waals surface area (Å²) >= 11 is 9.19. The van der Waals surface area contributed by atoms with Crippen molar-refractivity contribution in [3.05, 3.63) is 0 Å². The smallest absolute Gasteiger partial charge is 0.238 e. The second kappa shape index (κ2) is 8.58. The molecule has 0 radical (unpaired) electrons. The molecular weight excluding hydrogens is 275 g/mol. The number of carbonyl (C=O) groups excluding carboxylic acids is 1. The summed E-state index contributed by atoms with van der Waals surface area (Å²) in [4.78, 5) is 11.4. The second-order valence-electron chi connectivity index (χ2n) is 4.15. The normalized spacial score (nSPS) is 11.7. The molecule has 0 heterocycles. The van der Waals surface area contributed by atoms with E-state index in [2.05, 4.69) is 29.8 Å². The number of unbranched alkanes of at least 4 members (excludes halogenated alkanes) is 4. The van der Waals surface area contributed by atoms with Crippen LogP contribution >= 0.6 is 27.5 Å². The first-order valence-corrected chi connectivity index (χ1v) is 7.12. The molecule has 0 aromatic heterocycles. The Bertz CT molecular complexity index is 172. The summed E-state index contributed by atoms with van der Waals surface area (Å²) in [6, 6.07) is 0. The van der Waals surface area contributed by atoms with Crippen molar-refractivity contribution < 1.29 is 4.79 Å². The van der Waals surface area contributed by atoms with Crippen LogP contribution in [0.3, 0.4) is 0 Å². The molecule has 1 nitrogen and oxygen atoms in total. The largest absolute Gasteiger partial charge is 0.280 e. The van der Waals surface area contributed by atoms with Crippen molar-refractivity contribution in [2.45, 2.75) is 69.5 Å². The molecular formula is C12H22BrClO. The molecule has 0 bridgehead atoms. The SMILES string of the molecule is CCCCCC(Br)(CCCCC)C(=O)Cl. The number of halogens is 2. The maximum absolute atomic E-state index is 11.4. The first-order valence-electron chi connectivity index (χ1n) is 5.95. The lowest BCUT2D eigenvalue weighted by Crippen LogP contribution is -2.28. The molecule has 0 unspecified atom stereocenters. The Morgan fingerprint density at radius 3 is 1.73 bits per heavy atom. The van der Waals surface area contributed by atoms with Gasteiger partial charge in [0.1, 0.15) is 0 Å². The number of carbonyl (C=O) groups is 1. The lowest BCUT2D eigenvalue weighted by Gasteiger charge is -2.23. The minimum absolute atomic E-state index is 0.227. The van der Waals surface area contributed by atoms with E-state index in [-0.39, 0.29) is 5.24 Å². The van der Waals surface area contributed by atoms with E-state index >= 15 is 0 Å². The van der Waals surface area contributed by atoms with Crippen molar-refractivity contribution in [2.75, 3.05) is 0 Å². The Kier molecular flexibility index (Phi) is 8.83. The third-order valence-corrected chi connectivity index (χ3v) is 4.45. The van der Waals surface area contributed by atoms with Crippen LogP contribution in [0.2, 0.25) is 0 Å². The van der Waals surface area contributed by atoms with E-state index in [0.29, 0.717) is 0 Å². The van der Waals surface area contributed by atoms with Gasteiger partial charge in [-0.05, 0) is 24.4 Å². The number of alkyl halides is 1. The molecule has 0 saturated carbocycles. The average molecular weight is 298 g/mol. The first kappa shape index (κ1) is 15.4. The van der Waals surface area contributed by atoms with Gasteiger partial charge in [0, 0.05) is 0 Å². The lowest BCUT2D eigenvalue weighted by molar-refractivity contribution is -0.114. The molecule has 0 atom stereocenters. The van der Waals surface area contributed by atoms with Gasteiger partial charge in [0.15, 0.2) is 0 Å². The van der Waals surface area contributed by atoms with E-state index in [1.807, 2.05) is 0 Å². The van der Waals surface area contributed by atoms with E-state index in [9.17, 15) is 4.79 Å². The topological polar surface area (TPSA) is 17.1 Å². The summed E-state index contributed by atoms with van der Waals surface area (Å²) in [5.41, 5.74) is 0. The van der Waals surface area contributed by atoms with Gasteiger partial charge in [0.05, 0.1) is 4.32 Å². The van der Waals surface area contributed by atoms with E-state index in [1.165, 1.54) is 25.7 Å². The summed E-state index contributed by atoms with van der Waals surface area (Å²) in [5.74, 6) is 0. The Balaban J connectivity index is 4.01. The predicted octanol–water partition coefficient (Wildman–Crippen LogP) is 5.05. The van der Waals surface area contributed by atoms with Crippen molar-refractivity contribution in [2.24, 2.45) is 0 Å². The summed E-state index contributed by atoms with van der Waals surface area (Å²) in [6.45, 7) is 4.32. The number of rotatable bonds is 9. The van der Waals surface area contributed by atoms with Crippen LogP contribution in [0, 0.1) is 0 Å². The van der Waals surface area contributed by atoms with Crippen molar-refractivity contribution in [3.8, 4) is 0 Å². The monoisotopic (exact) mass is 296 g/mol. The predicted molar refractivity (Wildman–Crippen MR) is 70.8 cm³/mol. The van der Waals surface area contributed by atoms with Crippen LogP contribution in [0.4, 0.5) is 0 Å². The maximum atomic E-state index is 11.4. The van der Waals surface area contributed by atoms with E-state index in [0.717, 1.165) is 25.7 Å². The Morgan fingerprint density at radius 2 is 1.47 bits per heavy atom. The fraction of sp³-hybridized carbons (Fsp3) is 0.917. The van der Waals surface area contributed by atoms with E-state index in [4.69, 9.17) is 11.6 Å². The highest BCUT2D eigenvalue weighted by Crippen LogP contribution is 2.33. The molecule has 0 aliphatic heterocycles. The minimum atomic E-state index is -0.459. The number of hydrogen-bond donors (Lipinski definition) is 0. The molecule has 0 amide bonds. The minimum Gasteiger partial charge on any atom is -0.280 e. The molecule has 0 saturated heterocycles. The van der Waals surface area contributed by atoms with Gasteiger partial charge in [0.25, 0.3) is 0 Å². The maximum Gasteiger partial charge on any atom is 0.238 e. The average Bonchev–Trinajstić information content (AvgIpc) is 2.18. The van der Waals surface area contributed by atoms with Gasteiger partial charge in [0.2, 0.25) is 5.24 Å². The van der Waals surface area contributed by atoms with E-state index < -0.39 is 4.32 Å². The summed E-state index contributed by atoms with van der Waals surface area (Å²) in [5, 5.41) is -0.227. The second-order valence-corrected chi connectivity index (χ2v) is 6.01. The van der Waals surface area contributed by atoms with Crippen LogP contribution in [0.5, 0.6) is 0 Å². The molecule has 0 N–H and O–H groups in total. The van der Waals surface area contributed by atoms with Gasteiger partial charge in [-0.3, -0.25) is 4.79 Å². The molecule has 90 valence electrons. The summed E-state index contributed by atoms with van der Waals surface area (Å²) in [7, 11) is 0. The first-order chi connectivity index (χ1) is 7.06. The standard InChI is InChI=1S/C12H22BrClO/c1-3-5-7-9-12(13,11(14)15)10-8-6-4-2/h3-10H2,1-2H3. The molecule has 0 spiro atoms. The summed E-state index contributed by atoms with van der Waals surface area (Å²) < 4.78 is -0.459. The highest BCUT2D eigenvalue weighted by Gasteiger charge is 2.32. The van der Waals surface area contributed by atoms with Gasteiger partial charge in [-0.2, -0.15) is 0 Å². The van der Waals surface area contributed by atoms with Crippen molar-refractivity contribution in [3.63, 3.8) is 0 Å². The van der Waals surface area contributed by atoms with Crippen LogP contribution in [-0.2, 0) is 4.79 Å². The Labute approximate surface area is 107 Å². The van der Waals surface area contributed by atoms with Crippen LogP contribution < -0.4 is 0 Å². The van der Waals surface area contributed by atoms with Crippen LogP contribution in [0.25, 0.3) is 0 Å². The zero-order valence-electron chi connectivity index (χ0n) is 9.82. The van der Waals surface area contributed by atoms with Crippen LogP contribution in [0.1, 0.15) is 65.2 Å². The summed E-state index contributed by atoms with van der Waals surface area (Å²) in [6.07, 6.45) is 8.58. The molecule has 15 heavy (non-hydrogen) atoms. The number of hydrogen-bond acceptors (Lipinski definition) is 1. The van der Waals surface area contributed by atoms with Crippen molar-refractivity contribution >= 4 is 32.8 Å². The molecule has 3 heteroatoms. The third kappa shape index (κ3) is 6.57. The van der Waals surface area contributed by atoms with Gasteiger partial charge in [-0.15, -0.1) is 0 Å². The van der Waals surface area contributed by atoms with Crippen LogP contribution in [-0.4, -0.2) is 9.57 Å². The molecule has 0 aromatic rings. The zero-order chi connectivity index (χ0) is 11.7. The molecule has 0 rings (SSSR count). The van der Waals surface area contributed by atoms with Gasteiger partial charge >= 0.3 is 0 Å². The third-order valence-electron chi connectivity index (χ3n) is 2.71. The lowest BCUT2D eigenvalue weighted by atomic mass is 9.96. The van der Waals surface area contributed by atoms with Crippen LogP contribution in [0.15, 0.2) is 0 Å². The fourth-order valence-corrected chi connectivity index (χ4v) is 2.38. The highest BCUT2D eigenvalue weighted by atomic mass is 79.9. The zero-order valence-corrected chi connectivity index (χ0v) is 12.2. The molecule has 0 aliphatic rings. The van der Waals surface area contributed by atoms with E-state index in [1.54, 1.807) is 0 Å². The van der Waals surface area contributed by atoms with Crippen molar-refractivity contribution in [1.82, 2.24) is 0 Å². The Hall–Kier alpha value is 0.440. The molecule has 0 aromatic carbocycles.